The van der Waals surface area contributed by atoms with Crippen molar-refractivity contribution >= 4 is 40.3 Å². The third kappa shape index (κ3) is 4.78. The van der Waals surface area contributed by atoms with Crippen molar-refractivity contribution in [2.45, 2.75) is 13.1 Å². The first-order valence-corrected chi connectivity index (χ1v) is 10.8. The van der Waals surface area contributed by atoms with Gasteiger partial charge in [0.25, 0.3) is 5.56 Å². The first-order valence-electron chi connectivity index (χ1n) is 10.0. The molecule has 4 aromatic rings. The van der Waals surface area contributed by atoms with Gasteiger partial charge < -0.3 is 4.74 Å². The number of halogens is 5. The van der Waals surface area contributed by atoms with Gasteiger partial charge in [0.1, 0.15) is 0 Å². The molecule has 0 radical (unpaired) electrons. The number of ether oxygens (including phenoxy) is 1. The number of hydrogen-bond acceptors (Lipinski definition) is 4. The fourth-order valence-electron chi connectivity index (χ4n) is 3.31. The summed E-state index contributed by atoms with van der Waals surface area (Å²) >= 11 is 12.5. The molecule has 4 rings (SSSR count). The van der Waals surface area contributed by atoms with Gasteiger partial charge >= 0.3 is 6.18 Å². The molecule has 0 N–H and O–H groups in total. The van der Waals surface area contributed by atoms with Crippen molar-refractivity contribution in [3.63, 3.8) is 0 Å². The average molecular weight is 506 g/mol. The largest absolute Gasteiger partial charge is 0.491 e. The molecule has 1 heterocycles. The summed E-state index contributed by atoms with van der Waals surface area (Å²) in [4.78, 5) is 17.6. The van der Waals surface area contributed by atoms with Crippen LogP contribution in [-0.4, -0.2) is 22.5 Å². The molecule has 0 saturated heterocycles. The number of nitrogens with zero attached hydrogens (tertiary/aromatic N) is 3. The van der Waals surface area contributed by atoms with Crippen molar-refractivity contribution in [2.24, 2.45) is 5.10 Å². The summed E-state index contributed by atoms with van der Waals surface area (Å²) in [5.41, 5.74) is -0.546. The summed E-state index contributed by atoms with van der Waals surface area (Å²) in [6.07, 6.45) is -3.24. The third-order valence-corrected chi connectivity index (χ3v) is 5.39. The van der Waals surface area contributed by atoms with Crippen molar-refractivity contribution in [1.29, 1.82) is 0 Å². The molecule has 0 atom stereocenters. The van der Waals surface area contributed by atoms with E-state index in [2.05, 4.69) is 10.1 Å². The lowest BCUT2D eigenvalue weighted by Gasteiger charge is -2.12. The van der Waals surface area contributed by atoms with E-state index in [0.29, 0.717) is 23.4 Å². The fourth-order valence-corrected chi connectivity index (χ4v) is 3.93. The minimum atomic E-state index is -4.56. The Bertz CT molecular complexity index is 1440. The van der Waals surface area contributed by atoms with Gasteiger partial charge in [0.2, 0.25) is 0 Å². The van der Waals surface area contributed by atoms with Crippen LogP contribution in [0.2, 0.25) is 10.0 Å². The van der Waals surface area contributed by atoms with E-state index in [-0.39, 0.29) is 26.8 Å². The van der Waals surface area contributed by atoms with Gasteiger partial charge in [0, 0.05) is 5.56 Å². The Balaban J connectivity index is 1.89. The van der Waals surface area contributed by atoms with Crippen molar-refractivity contribution in [1.82, 2.24) is 9.66 Å². The zero-order chi connectivity index (χ0) is 24.5. The van der Waals surface area contributed by atoms with Crippen LogP contribution < -0.4 is 10.3 Å². The summed E-state index contributed by atoms with van der Waals surface area (Å²) < 4.78 is 46.2. The SMILES string of the molecule is CCOc1c(Cl)cc(C=Nn2c(-c3cccc(C(F)(F)F)c3)nc3ccccc3c2=O)cc1Cl. The lowest BCUT2D eigenvalue weighted by molar-refractivity contribution is -0.137. The Morgan fingerprint density at radius 1 is 1.06 bits per heavy atom. The highest BCUT2D eigenvalue weighted by atomic mass is 35.5. The number of hydrogen-bond donors (Lipinski definition) is 0. The first-order chi connectivity index (χ1) is 16.2. The third-order valence-electron chi connectivity index (χ3n) is 4.83. The van der Waals surface area contributed by atoms with E-state index in [4.69, 9.17) is 27.9 Å². The van der Waals surface area contributed by atoms with E-state index in [9.17, 15) is 18.0 Å². The van der Waals surface area contributed by atoms with E-state index in [1.165, 1.54) is 18.3 Å². The highest BCUT2D eigenvalue weighted by molar-refractivity contribution is 6.37. The van der Waals surface area contributed by atoms with Crippen LogP contribution >= 0.6 is 23.2 Å². The van der Waals surface area contributed by atoms with Crippen molar-refractivity contribution in [2.75, 3.05) is 6.61 Å². The Labute approximate surface area is 202 Å². The molecule has 10 heteroatoms. The molecule has 34 heavy (non-hydrogen) atoms. The van der Waals surface area contributed by atoms with Gasteiger partial charge in [0.15, 0.2) is 11.6 Å². The highest BCUT2D eigenvalue weighted by Crippen LogP contribution is 2.34. The van der Waals surface area contributed by atoms with E-state index in [1.54, 1.807) is 43.3 Å². The van der Waals surface area contributed by atoms with Crippen LogP contribution in [0.1, 0.15) is 18.1 Å². The van der Waals surface area contributed by atoms with E-state index in [0.717, 1.165) is 16.8 Å². The van der Waals surface area contributed by atoms with Gasteiger partial charge in [0.05, 0.1) is 39.3 Å². The maximum Gasteiger partial charge on any atom is 0.416 e. The van der Waals surface area contributed by atoms with Crippen LogP contribution in [-0.2, 0) is 6.18 Å². The van der Waals surface area contributed by atoms with Crippen LogP contribution in [0.4, 0.5) is 13.2 Å². The topological polar surface area (TPSA) is 56.5 Å². The zero-order valence-corrected chi connectivity index (χ0v) is 19.1. The predicted octanol–water partition coefficient (Wildman–Crippen LogP) is 6.67. The molecule has 5 nitrogen and oxygen atoms in total. The molecule has 0 aliphatic carbocycles. The lowest BCUT2D eigenvalue weighted by Crippen LogP contribution is -2.20. The molecule has 0 aliphatic heterocycles. The van der Waals surface area contributed by atoms with Gasteiger partial charge in [-0.05, 0) is 48.9 Å². The van der Waals surface area contributed by atoms with Gasteiger partial charge in [-0.25, -0.2) is 4.98 Å². The highest BCUT2D eigenvalue weighted by Gasteiger charge is 2.31. The first kappa shape index (κ1) is 23.8. The summed E-state index contributed by atoms with van der Waals surface area (Å²) in [6.45, 7) is 2.15. The van der Waals surface area contributed by atoms with Gasteiger partial charge in [-0.2, -0.15) is 22.9 Å². The molecule has 0 amide bonds. The monoisotopic (exact) mass is 505 g/mol. The summed E-state index contributed by atoms with van der Waals surface area (Å²) in [7, 11) is 0. The quantitative estimate of drug-likeness (QED) is 0.284. The van der Waals surface area contributed by atoms with Crippen molar-refractivity contribution in [3.8, 4) is 17.1 Å². The van der Waals surface area contributed by atoms with Crippen LogP contribution in [0.3, 0.4) is 0 Å². The van der Waals surface area contributed by atoms with Crippen LogP contribution in [0.5, 0.6) is 5.75 Å². The Morgan fingerprint density at radius 3 is 2.44 bits per heavy atom. The van der Waals surface area contributed by atoms with Gasteiger partial charge in [-0.15, -0.1) is 0 Å². The van der Waals surface area contributed by atoms with E-state index >= 15 is 0 Å². The minimum Gasteiger partial charge on any atom is -0.491 e. The molecule has 0 saturated carbocycles. The van der Waals surface area contributed by atoms with Crippen LogP contribution in [0.25, 0.3) is 22.3 Å². The Hall–Kier alpha value is -3.36. The van der Waals surface area contributed by atoms with Gasteiger partial charge in [-0.1, -0.05) is 47.5 Å². The second-order valence-electron chi connectivity index (χ2n) is 7.14. The summed E-state index contributed by atoms with van der Waals surface area (Å²) in [5.74, 6) is 0.270. The van der Waals surface area contributed by atoms with E-state index < -0.39 is 17.3 Å². The van der Waals surface area contributed by atoms with Crippen LogP contribution in [0.15, 0.2) is 70.6 Å². The van der Waals surface area contributed by atoms with Gasteiger partial charge in [-0.3, -0.25) is 4.79 Å². The number of benzene rings is 3. The smallest absolute Gasteiger partial charge is 0.416 e. The molecule has 174 valence electrons. The number of aromatic nitrogens is 2. The fraction of sp³-hybridized carbons (Fsp3) is 0.125. The number of fused-ring (bicyclic) bond motifs is 1. The standard InChI is InChI=1S/C24H16Cl2F3N3O2/c1-2-34-21-18(25)10-14(11-19(21)26)13-30-32-22(15-6-5-7-16(12-15)24(27,28)29)31-20-9-4-3-8-17(20)23(32)33/h3-13H,2H2,1H3. The summed E-state index contributed by atoms with van der Waals surface area (Å²) in [6, 6.07) is 14.2. The molecular weight excluding hydrogens is 490 g/mol. The Kier molecular flexibility index (Phi) is 6.63. The maximum absolute atomic E-state index is 13.3. The Morgan fingerprint density at radius 2 is 1.76 bits per heavy atom. The normalized spacial score (nSPS) is 11.9. The van der Waals surface area contributed by atoms with Crippen molar-refractivity contribution in [3.05, 3.63) is 92.2 Å². The lowest BCUT2D eigenvalue weighted by atomic mass is 10.1. The zero-order valence-electron chi connectivity index (χ0n) is 17.6. The molecular formula is C24H16Cl2F3N3O2. The average Bonchev–Trinajstić information content (AvgIpc) is 2.80. The molecule has 0 fully saturated rings. The molecule has 3 aromatic carbocycles. The minimum absolute atomic E-state index is 0.0471. The second kappa shape index (κ2) is 9.48. The molecule has 1 aromatic heterocycles. The molecule has 0 bridgehead atoms. The van der Waals surface area contributed by atoms with Crippen molar-refractivity contribution < 1.29 is 17.9 Å². The summed E-state index contributed by atoms with van der Waals surface area (Å²) in [5, 5.41) is 4.99. The number of para-hydroxylation sites is 1. The van der Waals surface area contributed by atoms with E-state index in [1.807, 2.05) is 0 Å². The predicted molar refractivity (Wildman–Crippen MR) is 127 cm³/mol. The number of rotatable bonds is 5. The molecule has 0 unspecified atom stereocenters. The van der Waals surface area contributed by atoms with Crippen LogP contribution in [0, 0.1) is 0 Å². The second-order valence-corrected chi connectivity index (χ2v) is 7.95. The molecule has 0 aliphatic rings. The maximum atomic E-state index is 13.3. The number of alkyl halides is 3. The molecule has 0 spiro atoms.